The molecule has 23 heteroatoms. The van der Waals surface area contributed by atoms with Crippen molar-refractivity contribution in [1.29, 1.82) is 0 Å². The van der Waals surface area contributed by atoms with E-state index in [4.69, 9.17) is 61.4 Å². The highest BCUT2D eigenvalue weighted by atomic mass is 127. The first-order chi connectivity index (χ1) is 47.0. The Balaban J connectivity index is 0.000000145. The molecule has 6 aliphatic rings. The van der Waals surface area contributed by atoms with Crippen LogP contribution >= 0.6 is 69.0 Å². The van der Waals surface area contributed by atoms with Gasteiger partial charge in [0, 0.05) is 151 Å². The first-order valence-electron chi connectivity index (χ1n) is 33.1. The maximum absolute atomic E-state index is 12.2. The molecule has 3 unspecified atom stereocenters. The Bertz CT molecular complexity index is 4500. The van der Waals surface area contributed by atoms with Crippen LogP contribution in [-0.2, 0) is 50.2 Å². The van der Waals surface area contributed by atoms with Crippen LogP contribution in [0.2, 0.25) is 15.1 Å². The van der Waals surface area contributed by atoms with Gasteiger partial charge in [0.15, 0.2) is 0 Å². The van der Waals surface area contributed by atoms with Gasteiger partial charge in [0.2, 0.25) is 30.1 Å². The largest absolute Gasteiger partial charge is 0.340 e. The molecular formula is C75H80Cl4IN9O6S3. The number of halogens is 5. The molecule has 7 heterocycles. The minimum Gasteiger partial charge on any atom is -0.340 e. The average molecular weight is 1570 g/mol. The second-order valence-electron chi connectivity index (χ2n) is 26.5. The van der Waals surface area contributed by atoms with Gasteiger partial charge < -0.3 is 4.57 Å². The van der Waals surface area contributed by atoms with Crippen molar-refractivity contribution in [2.24, 2.45) is 24.8 Å². The molecule has 3 aliphatic carbocycles. The van der Waals surface area contributed by atoms with Crippen LogP contribution in [0.4, 0.5) is 0 Å². The van der Waals surface area contributed by atoms with Crippen LogP contribution in [-0.4, -0.2) is 142 Å². The number of imidazole rings is 1. The first-order valence-corrected chi connectivity index (χ1v) is 41.8. The summed E-state index contributed by atoms with van der Waals surface area (Å²) < 4.78 is 79.8. The molecule has 15 nitrogen and oxygen atoms in total. The maximum Gasteiger partial charge on any atom is 0.211 e. The van der Waals surface area contributed by atoms with Crippen molar-refractivity contribution in [2.75, 3.05) is 74.9 Å². The highest BCUT2D eigenvalue weighted by Crippen LogP contribution is 2.49. The summed E-state index contributed by atoms with van der Waals surface area (Å²) in [5.41, 5.74) is 19.2. The lowest BCUT2D eigenvalue weighted by Gasteiger charge is -2.35. The summed E-state index contributed by atoms with van der Waals surface area (Å²) in [5.74, 6) is 1.57. The van der Waals surface area contributed by atoms with E-state index in [1.807, 2.05) is 91.1 Å². The number of piperidine rings is 3. The average Bonchev–Trinajstić information content (AvgIpc) is 1.58. The SMILES string of the molecule is CS(=O)(=O)N1CCC(C2c3ccc(Cl)cc3C=C(CCl)c3cccnc32)CC1.CS(=O)(=O)N1CCC(C2c3ccc(Cl)cc3C=C(CI)c3cccnc32)CC1.Cn1cnc(CN(CC2=Cc3cc(Cl)ccc3C(C3CCN(S(C)(=O)=O)CC3)c3ncccc32)Cc2ccccc2)c1. The van der Waals surface area contributed by atoms with Gasteiger partial charge in [0.05, 0.1) is 47.9 Å². The fourth-order valence-electron chi connectivity index (χ4n) is 15.3. The van der Waals surface area contributed by atoms with E-state index in [0.29, 0.717) is 80.1 Å². The van der Waals surface area contributed by atoms with Gasteiger partial charge in [-0.2, -0.15) is 0 Å². The number of aryl methyl sites for hydroxylation is 1. The monoisotopic (exact) mass is 1570 g/mol. The van der Waals surface area contributed by atoms with Crippen LogP contribution < -0.4 is 0 Å². The van der Waals surface area contributed by atoms with Crippen LogP contribution in [0, 0.1) is 17.8 Å². The van der Waals surface area contributed by atoms with Gasteiger partial charge in [-0.1, -0.05) is 124 Å². The van der Waals surface area contributed by atoms with E-state index in [9.17, 15) is 25.3 Å². The molecule has 4 aromatic heterocycles. The van der Waals surface area contributed by atoms with Gasteiger partial charge in [-0.3, -0.25) is 19.9 Å². The second-order valence-corrected chi connectivity index (χ2v) is 34.8. The molecule has 0 amide bonds. The summed E-state index contributed by atoms with van der Waals surface area (Å²) in [7, 11) is -7.51. The molecule has 4 aromatic carbocycles. The maximum atomic E-state index is 12.2. The van der Waals surface area contributed by atoms with Gasteiger partial charge in [-0.15, -0.1) is 11.6 Å². The van der Waals surface area contributed by atoms with E-state index >= 15 is 0 Å². The fourth-order valence-corrected chi connectivity index (χ4v) is 19.4. The molecule has 3 aliphatic heterocycles. The van der Waals surface area contributed by atoms with Crippen LogP contribution in [0.3, 0.4) is 0 Å². The van der Waals surface area contributed by atoms with E-state index in [2.05, 4.69) is 124 Å². The number of nitrogens with zero attached hydrogens (tertiary/aromatic N) is 9. The normalized spacial score (nSPS) is 19.6. The van der Waals surface area contributed by atoms with Crippen molar-refractivity contribution in [2.45, 2.75) is 69.4 Å². The molecule has 0 radical (unpaired) electrons. The molecule has 98 heavy (non-hydrogen) atoms. The lowest BCUT2D eigenvalue weighted by Crippen LogP contribution is -2.39. The molecule has 14 rings (SSSR count). The molecule has 8 aromatic rings. The zero-order chi connectivity index (χ0) is 69.0. The summed E-state index contributed by atoms with van der Waals surface area (Å²) in [6.45, 7) is 5.46. The third-order valence-corrected chi connectivity index (χ3v) is 25.7. The van der Waals surface area contributed by atoms with Crippen molar-refractivity contribution in [3.63, 3.8) is 0 Å². The van der Waals surface area contributed by atoms with E-state index in [-0.39, 0.29) is 23.7 Å². The number of rotatable bonds is 14. The van der Waals surface area contributed by atoms with Crippen LogP contribution in [0.5, 0.6) is 0 Å². The third kappa shape index (κ3) is 16.8. The Kier molecular flexibility index (Phi) is 23.0. The number of aromatic nitrogens is 5. The van der Waals surface area contributed by atoms with Gasteiger partial charge in [-0.05, 0) is 185 Å². The van der Waals surface area contributed by atoms with E-state index in [1.165, 1.54) is 57.7 Å². The van der Waals surface area contributed by atoms with Crippen LogP contribution in [0.25, 0.3) is 34.9 Å². The highest BCUT2D eigenvalue weighted by molar-refractivity contribution is 14.1. The standard InChI is InChI=1S/C33H36ClN5O2S.C21H22Cl2N2O2S.C21H22ClIN2O2S/c1-37-21-29(36-23-37)22-38(19-24-7-4-3-5-8-24)20-27-17-26-18-28(34)10-11-30(26)32(33-31(27)9-6-14-35-33)25-12-15-39(16-13-25)42(2,40)41;1-28(26,27)25-9-6-14(7-10-25)20-18-5-4-17(23)12-15(18)11-16(13-22)19-3-2-8-24-21(19)20;1-28(26,27)25-9-6-14(7-10-25)20-18-5-4-17(22)12-15(18)11-16(13-23)19-3-2-8-24-21(19)20/h3-11,14,17-18,21,23,25,32H,12-13,15-16,19-20,22H2,1-2H3;2*2-5,8,11-12,14,20H,6-7,9-10,13H2,1H3. The predicted octanol–water partition coefficient (Wildman–Crippen LogP) is 15.3. The first kappa shape index (κ1) is 72.1. The Morgan fingerprint density at radius 3 is 1.21 bits per heavy atom. The molecule has 514 valence electrons. The number of pyridine rings is 3. The zero-order valence-corrected chi connectivity index (χ0v) is 62.9. The smallest absolute Gasteiger partial charge is 0.211 e. The van der Waals surface area contributed by atoms with Gasteiger partial charge in [-0.25, -0.2) is 43.2 Å². The molecular weight excluding hydrogens is 1490 g/mol. The number of alkyl halides is 2. The number of hydrogen-bond acceptors (Lipinski definition) is 11. The number of benzene rings is 4. The Morgan fingerprint density at radius 2 is 0.847 bits per heavy atom. The minimum absolute atomic E-state index is 0.0438. The molecule has 0 N–H and O–H groups in total. The van der Waals surface area contributed by atoms with Crippen molar-refractivity contribution in [3.05, 3.63) is 246 Å². The Morgan fingerprint density at radius 1 is 0.469 bits per heavy atom. The van der Waals surface area contributed by atoms with Crippen molar-refractivity contribution in [3.8, 4) is 0 Å². The minimum atomic E-state index is -3.21. The third-order valence-electron chi connectivity index (χ3n) is 20.0. The molecule has 3 atom stereocenters. The van der Waals surface area contributed by atoms with Crippen molar-refractivity contribution < 1.29 is 25.3 Å². The summed E-state index contributed by atoms with van der Waals surface area (Å²) >= 11 is 27.9. The van der Waals surface area contributed by atoms with E-state index in [1.54, 1.807) is 12.9 Å². The van der Waals surface area contributed by atoms with Crippen molar-refractivity contribution in [1.82, 2.24) is 42.3 Å². The van der Waals surface area contributed by atoms with E-state index in [0.717, 1.165) is 111 Å². The van der Waals surface area contributed by atoms with Crippen molar-refractivity contribution >= 4 is 134 Å². The lowest BCUT2D eigenvalue weighted by atomic mass is 9.76. The zero-order valence-electron chi connectivity index (χ0n) is 55.2. The molecule has 0 saturated carbocycles. The Hall–Kier alpha value is -5.66. The second kappa shape index (κ2) is 31.3. The predicted molar refractivity (Wildman–Crippen MR) is 407 cm³/mol. The number of sulfonamides is 3. The lowest BCUT2D eigenvalue weighted by molar-refractivity contribution is 0.256. The molecule has 3 saturated heterocycles. The number of hydrogen-bond donors (Lipinski definition) is 0. The molecule has 0 spiro atoms. The van der Waals surface area contributed by atoms with Gasteiger partial charge in [0.1, 0.15) is 0 Å². The summed E-state index contributed by atoms with van der Waals surface area (Å²) in [6.07, 6.45) is 24.8. The van der Waals surface area contributed by atoms with E-state index < -0.39 is 30.1 Å². The fraction of sp³-hybridized carbons (Fsp3) is 0.360. The highest BCUT2D eigenvalue weighted by Gasteiger charge is 2.40. The van der Waals surface area contributed by atoms with Crippen LogP contribution in [0.15, 0.2) is 152 Å². The van der Waals surface area contributed by atoms with Gasteiger partial charge in [0.25, 0.3) is 0 Å². The van der Waals surface area contributed by atoms with Gasteiger partial charge >= 0.3 is 0 Å². The topological polar surface area (TPSA) is 172 Å². The Labute approximate surface area is 611 Å². The molecule has 0 bridgehead atoms. The summed E-state index contributed by atoms with van der Waals surface area (Å²) in [6, 6.07) is 41.1. The van der Waals surface area contributed by atoms with Crippen LogP contribution in [0.1, 0.15) is 135 Å². The number of allylic oxidation sites excluding steroid dienone is 2. The summed E-state index contributed by atoms with van der Waals surface area (Å²) in [4.78, 5) is 21.6. The summed E-state index contributed by atoms with van der Waals surface area (Å²) in [5, 5.41) is 2.12. The number of fused-ring (bicyclic) bond motifs is 6. The quantitative estimate of drug-likeness (QED) is 0.0749. The molecule has 3 fully saturated rings.